The molecule has 1 aromatic carbocycles. The number of carbonyl (C=O) groups excluding carboxylic acids is 1. The van der Waals surface area contributed by atoms with Crippen molar-refractivity contribution in [3.05, 3.63) is 41.5 Å². The van der Waals surface area contributed by atoms with Crippen LogP contribution in [0.2, 0.25) is 0 Å². The molecule has 2 aliphatic rings. The van der Waals surface area contributed by atoms with Crippen molar-refractivity contribution >= 4 is 17.7 Å². The summed E-state index contributed by atoms with van der Waals surface area (Å²) in [6.07, 6.45) is 10.8. The Bertz CT molecular complexity index is 707. The second-order valence-electron chi connectivity index (χ2n) is 7.54. The first-order valence-electron chi connectivity index (χ1n) is 10.5. The van der Waals surface area contributed by atoms with Gasteiger partial charge in [-0.2, -0.15) is 0 Å². The molecule has 0 atom stereocenters. The lowest BCUT2D eigenvalue weighted by Gasteiger charge is -2.17. The number of allylic oxidation sites excluding steroid dienone is 1. The lowest BCUT2D eigenvalue weighted by molar-refractivity contribution is 0.222. The topological polar surface area (TPSA) is 68.8 Å². The number of nitrogens with one attached hydrogen (secondary N) is 3. The highest BCUT2D eigenvalue weighted by Crippen LogP contribution is 2.19. The largest absolute Gasteiger partial charge is 0.356 e. The molecule has 2 amide bonds. The van der Waals surface area contributed by atoms with E-state index < -0.39 is 0 Å². The first-order valence-corrected chi connectivity index (χ1v) is 10.5. The van der Waals surface area contributed by atoms with E-state index in [1.807, 2.05) is 23.1 Å². The maximum Gasteiger partial charge on any atom is 0.321 e. The third-order valence-corrected chi connectivity index (χ3v) is 5.38. The molecule has 1 heterocycles. The summed E-state index contributed by atoms with van der Waals surface area (Å²) in [6, 6.07) is 7.97. The molecule has 1 aliphatic carbocycles. The van der Waals surface area contributed by atoms with Gasteiger partial charge in [0.1, 0.15) is 0 Å². The third kappa shape index (κ3) is 6.29. The van der Waals surface area contributed by atoms with Crippen LogP contribution in [-0.2, 0) is 6.54 Å². The van der Waals surface area contributed by atoms with Gasteiger partial charge < -0.3 is 20.9 Å². The first kappa shape index (κ1) is 20.2. The number of urea groups is 1. The van der Waals surface area contributed by atoms with E-state index in [1.165, 1.54) is 25.7 Å². The average Bonchev–Trinajstić information content (AvgIpc) is 3.27. The van der Waals surface area contributed by atoms with Gasteiger partial charge in [0, 0.05) is 38.9 Å². The van der Waals surface area contributed by atoms with E-state index in [-0.39, 0.29) is 6.03 Å². The fraction of sp³-hybridized carbons (Fsp3) is 0.545. The number of nitrogens with zero attached hydrogens (tertiary/aromatic N) is 2. The number of hydrogen-bond acceptors (Lipinski definition) is 2. The van der Waals surface area contributed by atoms with Crippen LogP contribution in [0.15, 0.2) is 40.9 Å². The fourth-order valence-electron chi connectivity index (χ4n) is 3.76. The third-order valence-electron chi connectivity index (χ3n) is 5.38. The minimum absolute atomic E-state index is 0.00268. The number of benzene rings is 1. The Hall–Kier alpha value is -2.50. The van der Waals surface area contributed by atoms with Gasteiger partial charge in [0.25, 0.3) is 0 Å². The quantitative estimate of drug-likeness (QED) is 0.397. The number of carbonyl (C=O) groups is 1. The molecule has 1 aromatic rings. The van der Waals surface area contributed by atoms with E-state index in [0.29, 0.717) is 6.54 Å². The summed E-state index contributed by atoms with van der Waals surface area (Å²) in [5.74, 6) is 0.808. The predicted octanol–water partition coefficient (Wildman–Crippen LogP) is 3.87. The van der Waals surface area contributed by atoms with Crippen molar-refractivity contribution in [2.45, 2.75) is 51.5 Å². The van der Waals surface area contributed by atoms with Crippen molar-refractivity contribution in [2.75, 3.05) is 32.0 Å². The first-order chi connectivity index (χ1) is 13.7. The summed E-state index contributed by atoms with van der Waals surface area (Å²) in [6.45, 7) is 3.27. The van der Waals surface area contributed by atoms with Crippen LogP contribution in [0.5, 0.6) is 0 Å². The van der Waals surface area contributed by atoms with Crippen molar-refractivity contribution in [1.82, 2.24) is 15.5 Å². The van der Waals surface area contributed by atoms with Gasteiger partial charge in [-0.15, -0.1) is 0 Å². The molecule has 6 nitrogen and oxygen atoms in total. The zero-order valence-corrected chi connectivity index (χ0v) is 17.0. The van der Waals surface area contributed by atoms with Gasteiger partial charge >= 0.3 is 6.03 Å². The van der Waals surface area contributed by atoms with Crippen LogP contribution in [0, 0.1) is 0 Å². The molecule has 0 radical (unpaired) electrons. The highest BCUT2D eigenvalue weighted by Gasteiger charge is 2.17. The highest BCUT2D eigenvalue weighted by atomic mass is 16.2. The molecular weight excluding hydrogens is 350 g/mol. The Kier molecular flexibility index (Phi) is 7.76. The Labute approximate surface area is 168 Å². The zero-order valence-electron chi connectivity index (χ0n) is 17.0. The number of hydrogen-bond donors (Lipinski definition) is 3. The van der Waals surface area contributed by atoms with E-state index in [2.05, 4.69) is 33.1 Å². The van der Waals surface area contributed by atoms with Gasteiger partial charge in [-0.1, -0.05) is 23.8 Å². The molecule has 1 fully saturated rings. The van der Waals surface area contributed by atoms with Gasteiger partial charge in [-0.3, -0.25) is 4.99 Å². The van der Waals surface area contributed by atoms with Gasteiger partial charge in [0.05, 0.1) is 0 Å². The summed E-state index contributed by atoms with van der Waals surface area (Å²) >= 11 is 0. The maximum absolute atomic E-state index is 12.3. The second kappa shape index (κ2) is 10.7. The number of rotatable bonds is 6. The minimum atomic E-state index is -0.00268. The normalized spacial score (nSPS) is 17.2. The SMILES string of the molecule is CN=C(NCCC1=CCCCC1)NCc1cccc(NC(=O)N2CCCC2)c1. The minimum Gasteiger partial charge on any atom is -0.356 e. The summed E-state index contributed by atoms with van der Waals surface area (Å²) in [5, 5.41) is 9.75. The Balaban J connectivity index is 1.43. The Morgan fingerprint density at radius 1 is 1.14 bits per heavy atom. The lowest BCUT2D eigenvalue weighted by Crippen LogP contribution is -2.37. The molecular formula is C22H33N5O. The molecule has 1 aliphatic heterocycles. The molecule has 0 unspecified atom stereocenters. The summed E-state index contributed by atoms with van der Waals surface area (Å²) < 4.78 is 0. The number of amides is 2. The molecule has 0 spiro atoms. The zero-order chi connectivity index (χ0) is 19.6. The molecule has 1 saturated heterocycles. The van der Waals surface area contributed by atoms with E-state index in [4.69, 9.17) is 0 Å². The number of guanidine groups is 1. The summed E-state index contributed by atoms with van der Waals surface area (Å²) in [7, 11) is 1.79. The van der Waals surface area contributed by atoms with E-state index >= 15 is 0 Å². The van der Waals surface area contributed by atoms with Crippen LogP contribution in [0.4, 0.5) is 10.5 Å². The Morgan fingerprint density at radius 3 is 2.75 bits per heavy atom. The number of anilines is 1. The standard InChI is InChI=1S/C22H33N5O/c1-23-21(24-13-12-18-8-3-2-4-9-18)25-17-19-10-7-11-20(16-19)26-22(28)27-14-5-6-15-27/h7-8,10-11,16H,2-6,9,12-15,17H2,1H3,(H,26,28)(H2,23,24,25). The van der Waals surface area contributed by atoms with Crippen LogP contribution in [0.3, 0.4) is 0 Å². The van der Waals surface area contributed by atoms with Crippen LogP contribution in [-0.4, -0.2) is 43.6 Å². The fourth-order valence-corrected chi connectivity index (χ4v) is 3.76. The van der Waals surface area contributed by atoms with Crippen molar-refractivity contribution in [3.8, 4) is 0 Å². The van der Waals surface area contributed by atoms with Crippen molar-refractivity contribution in [3.63, 3.8) is 0 Å². The molecule has 0 saturated carbocycles. The van der Waals surface area contributed by atoms with E-state index in [1.54, 1.807) is 12.6 Å². The van der Waals surface area contributed by atoms with E-state index in [0.717, 1.165) is 56.1 Å². The van der Waals surface area contributed by atoms with Crippen molar-refractivity contribution in [2.24, 2.45) is 4.99 Å². The molecule has 3 N–H and O–H groups in total. The maximum atomic E-state index is 12.3. The van der Waals surface area contributed by atoms with Gasteiger partial charge in [-0.25, -0.2) is 4.79 Å². The smallest absolute Gasteiger partial charge is 0.321 e. The molecule has 28 heavy (non-hydrogen) atoms. The van der Waals surface area contributed by atoms with Gasteiger partial charge in [0.15, 0.2) is 5.96 Å². The lowest BCUT2D eigenvalue weighted by atomic mass is 9.97. The second-order valence-corrected chi connectivity index (χ2v) is 7.54. The van der Waals surface area contributed by atoms with Crippen molar-refractivity contribution in [1.29, 1.82) is 0 Å². The van der Waals surface area contributed by atoms with E-state index in [9.17, 15) is 4.79 Å². The summed E-state index contributed by atoms with van der Waals surface area (Å²) in [5.41, 5.74) is 3.51. The summed E-state index contributed by atoms with van der Waals surface area (Å²) in [4.78, 5) is 18.4. The predicted molar refractivity (Wildman–Crippen MR) is 116 cm³/mol. The van der Waals surface area contributed by atoms with Gasteiger partial charge in [0.2, 0.25) is 0 Å². The monoisotopic (exact) mass is 383 g/mol. The molecule has 6 heteroatoms. The number of aliphatic imine (C=N–C) groups is 1. The van der Waals surface area contributed by atoms with Crippen LogP contribution < -0.4 is 16.0 Å². The average molecular weight is 384 g/mol. The molecule has 0 aromatic heterocycles. The van der Waals surface area contributed by atoms with Crippen LogP contribution in [0.25, 0.3) is 0 Å². The highest BCUT2D eigenvalue weighted by molar-refractivity contribution is 5.89. The Morgan fingerprint density at radius 2 is 2.00 bits per heavy atom. The van der Waals surface area contributed by atoms with Crippen LogP contribution >= 0.6 is 0 Å². The molecule has 152 valence electrons. The molecule has 0 bridgehead atoms. The van der Waals surface area contributed by atoms with Crippen LogP contribution in [0.1, 0.15) is 50.5 Å². The number of likely N-dealkylation sites (tertiary alicyclic amines) is 1. The van der Waals surface area contributed by atoms with Crippen molar-refractivity contribution < 1.29 is 4.79 Å². The molecule has 3 rings (SSSR count). The van der Waals surface area contributed by atoms with Gasteiger partial charge in [-0.05, 0) is 62.6 Å².